The van der Waals surface area contributed by atoms with Crippen LogP contribution >= 0.6 is 0 Å². The van der Waals surface area contributed by atoms with E-state index in [-0.39, 0.29) is 31.1 Å². The molecule has 0 rings (SSSR count). The molecule has 0 bridgehead atoms. The lowest BCUT2D eigenvalue weighted by atomic mass is 9.99. The molecule has 0 aliphatic rings. The van der Waals surface area contributed by atoms with E-state index in [1.165, 1.54) is 141 Å². The summed E-state index contributed by atoms with van der Waals surface area (Å²) in [5, 5.41) is 0. The highest BCUT2D eigenvalue weighted by atomic mass is 16.6. The van der Waals surface area contributed by atoms with Crippen molar-refractivity contribution in [3.05, 3.63) is 0 Å². The zero-order chi connectivity index (χ0) is 37.5. The van der Waals surface area contributed by atoms with Crippen molar-refractivity contribution in [1.29, 1.82) is 0 Å². The highest BCUT2D eigenvalue weighted by Crippen LogP contribution is 2.16. The SMILES string of the molecule is CCCCCCCCCCCCCC(=O)OC[C@@H](COC(=O)CCCCCCCCCCC(C)CC)OC(=O)CCCCCCCCCCCC. The molecule has 51 heavy (non-hydrogen) atoms. The minimum absolute atomic E-state index is 0.0642. The van der Waals surface area contributed by atoms with E-state index in [9.17, 15) is 14.4 Å². The molecule has 0 aliphatic heterocycles. The van der Waals surface area contributed by atoms with Gasteiger partial charge in [0.05, 0.1) is 0 Å². The second kappa shape index (κ2) is 39.6. The molecular formula is C45H86O6. The standard InChI is InChI=1S/C45H86O6/c1-5-8-10-12-14-16-18-20-24-28-32-36-43(46)49-39-42(51-45(48)38-34-30-26-19-17-15-13-11-9-6-2)40-50-44(47)37-33-29-25-22-21-23-27-31-35-41(4)7-3/h41-42H,5-40H2,1-4H3/t41?,42-/m0/s1. The molecule has 6 heteroatoms. The number of rotatable bonds is 40. The summed E-state index contributed by atoms with van der Waals surface area (Å²) in [6.45, 7) is 8.98. The van der Waals surface area contributed by atoms with E-state index in [2.05, 4.69) is 27.7 Å². The van der Waals surface area contributed by atoms with Crippen LogP contribution in [0, 0.1) is 5.92 Å². The van der Waals surface area contributed by atoms with Crippen LogP contribution in [0.2, 0.25) is 0 Å². The minimum Gasteiger partial charge on any atom is -0.462 e. The molecule has 0 aromatic rings. The van der Waals surface area contributed by atoms with Crippen LogP contribution in [0.25, 0.3) is 0 Å². The van der Waals surface area contributed by atoms with Gasteiger partial charge in [0.15, 0.2) is 6.10 Å². The van der Waals surface area contributed by atoms with E-state index in [0.717, 1.165) is 63.7 Å². The van der Waals surface area contributed by atoms with E-state index < -0.39 is 6.10 Å². The molecule has 0 aromatic heterocycles. The van der Waals surface area contributed by atoms with Gasteiger partial charge < -0.3 is 14.2 Å². The minimum atomic E-state index is -0.758. The quantitative estimate of drug-likeness (QED) is 0.0356. The zero-order valence-corrected chi connectivity index (χ0v) is 34.6. The van der Waals surface area contributed by atoms with Gasteiger partial charge in [-0.1, -0.05) is 207 Å². The third-order valence-corrected chi connectivity index (χ3v) is 10.4. The fourth-order valence-corrected chi connectivity index (χ4v) is 6.59. The first-order chi connectivity index (χ1) is 24.9. The summed E-state index contributed by atoms with van der Waals surface area (Å²) in [6, 6.07) is 0. The Hall–Kier alpha value is -1.59. The number of esters is 3. The Morgan fingerprint density at radius 2 is 0.686 bits per heavy atom. The number of carbonyl (C=O) groups excluding carboxylic acids is 3. The first-order valence-corrected chi connectivity index (χ1v) is 22.4. The lowest BCUT2D eigenvalue weighted by molar-refractivity contribution is -0.167. The summed E-state index contributed by atoms with van der Waals surface area (Å²) in [5.74, 6) is -0.0102. The molecule has 0 spiro atoms. The molecular weight excluding hydrogens is 636 g/mol. The maximum atomic E-state index is 12.7. The molecule has 0 saturated heterocycles. The monoisotopic (exact) mass is 723 g/mol. The van der Waals surface area contributed by atoms with Crippen LogP contribution in [0.4, 0.5) is 0 Å². The van der Waals surface area contributed by atoms with Gasteiger partial charge in [-0.25, -0.2) is 0 Å². The molecule has 6 nitrogen and oxygen atoms in total. The van der Waals surface area contributed by atoms with Gasteiger partial charge in [0.1, 0.15) is 13.2 Å². The predicted octanol–water partition coefficient (Wildman–Crippen LogP) is 13.9. The fraction of sp³-hybridized carbons (Fsp3) is 0.933. The largest absolute Gasteiger partial charge is 0.462 e. The van der Waals surface area contributed by atoms with Gasteiger partial charge >= 0.3 is 17.9 Å². The Bertz CT molecular complexity index is 768. The van der Waals surface area contributed by atoms with E-state index in [0.29, 0.717) is 19.3 Å². The van der Waals surface area contributed by atoms with Gasteiger partial charge in [0.2, 0.25) is 0 Å². The van der Waals surface area contributed by atoms with Gasteiger partial charge in [0, 0.05) is 19.3 Å². The number of hydrogen-bond donors (Lipinski definition) is 0. The van der Waals surface area contributed by atoms with Crippen LogP contribution in [0.3, 0.4) is 0 Å². The third kappa shape index (κ3) is 38.0. The summed E-state index contributed by atoms with van der Waals surface area (Å²) in [4.78, 5) is 37.6. The Labute approximate surface area is 317 Å². The van der Waals surface area contributed by atoms with E-state index >= 15 is 0 Å². The topological polar surface area (TPSA) is 78.9 Å². The van der Waals surface area contributed by atoms with Crippen molar-refractivity contribution in [3.63, 3.8) is 0 Å². The average Bonchev–Trinajstić information content (AvgIpc) is 3.13. The van der Waals surface area contributed by atoms with E-state index in [1.54, 1.807) is 0 Å². The molecule has 302 valence electrons. The molecule has 0 heterocycles. The number of carbonyl (C=O) groups is 3. The third-order valence-electron chi connectivity index (χ3n) is 10.4. The molecule has 0 radical (unpaired) electrons. The Kier molecular flexibility index (Phi) is 38.4. The molecule has 0 aliphatic carbocycles. The summed E-state index contributed by atoms with van der Waals surface area (Å²) in [7, 11) is 0. The van der Waals surface area contributed by atoms with Crippen molar-refractivity contribution in [2.45, 2.75) is 252 Å². The van der Waals surface area contributed by atoms with E-state index in [4.69, 9.17) is 14.2 Å². The van der Waals surface area contributed by atoms with Crippen LogP contribution in [0.1, 0.15) is 246 Å². The first-order valence-electron chi connectivity index (χ1n) is 22.4. The van der Waals surface area contributed by atoms with Gasteiger partial charge in [-0.15, -0.1) is 0 Å². The van der Waals surface area contributed by atoms with Gasteiger partial charge in [-0.05, 0) is 25.2 Å². The Balaban J connectivity index is 4.34. The van der Waals surface area contributed by atoms with Crippen molar-refractivity contribution >= 4 is 17.9 Å². The Morgan fingerprint density at radius 3 is 1.02 bits per heavy atom. The summed E-state index contributed by atoms with van der Waals surface area (Å²) < 4.78 is 16.7. The van der Waals surface area contributed by atoms with Gasteiger partial charge in [0.25, 0.3) is 0 Å². The second-order valence-corrected chi connectivity index (χ2v) is 15.6. The average molecular weight is 723 g/mol. The van der Waals surface area contributed by atoms with Crippen molar-refractivity contribution in [2.75, 3.05) is 13.2 Å². The van der Waals surface area contributed by atoms with Crippen molar-refractivity contribution in [3.8, 4) is 0 Å². The summed E-state index contributed by atoms with van der Waals surface area (Å²) >= 11 is 0. The van der Waals surface area contributed by atoms with Crippen molar-refractivity contribution < 1.29 is 28.6 Å². The van der Waals surface area contributed by atoms with Gasteiger partial charge in [-0.3, -0.25) is 14.4 Å². The maximum Gasteiger partial charge on any atom is 0.306 e. The zero-order valence-electron chi connectivity index (χ0n) is 34.6. The molecule has 2 atom stereocenters. The maximum absolute atomic E-state index is 12.7. The predicted molar refractivity (Wildman–Crippen MR) is 215 cm³/mol. The molecule has 0 amide bonds. The highest BCUT2D eigenvalue weighted by Gasteiger charge is 2.19. The first kappa shape index (κ1) is 49.4. The molecule has 0 aromatic carbocycles. The number of hydrogen-bond acceptors (Lipinski definition) is 6. The summed E-state index contributed by atoms with van der Waals surface area (Å²) in [6.07, 6.45) is 37.9. The summed E-state index contributed by atoms with van der Waals surface area (Å²) in [5.41, 5.74) is 0. The van der Waals surface area contributed by atoms with Crippen LogP contribution in [0.5, 0.6) is 0 Å². The van der Waals surface area contributed by atoms with Gasteiger partial charge in [-0.2, -0.15) is 0 Å². The molecule has 0 N–H and O–H groups in total. The number of ether oxygens (including phenoxy) is 3. The van der Waals surface area contributed by atoms with Crippen LogP contribution in [0.15, 0.2) is 0 Å². The molecule has 1 unspecified atom stereocenters. The number of unbranched alkanes of at least 4 members (excludes halogenated alkanes) is 26. The fourth-order valence-electron chi connectivity index (χ4n) is 6.59. The Morgan fingerprint density at radius 1 is 0.392 bits per heavy atom. The molecule has 0 saturated carbocycles. The van der Waals surface area contributed by atoms with Crippen LogP contribution in [-0.4, -0.2) is 37.2 Å². The highest BCUT2D eigenvalue weighted by molar-refractivity contribution is 5.71. The van der Waals surface area contributed by atoms with E-state index in [1.807, 2.05) is 0 Å². The molecule has 0 fully saturated rings. The van der Waals surface area contributed by atoms with Crippen molar-refractivity contribution in [2.24, 2.45) is 5.92 Å². The van der Waals surface area contributed by atoms with Crippen LogP contribution < -0.4 is 0 Å². The van der Waals surface area contributed by atoms with Crippen LogP contribution in [-0.2, 0) is 28.6 Å². The smallest absolute Gasteiger partial charge is 0.306 e. The lowest BCUT2D eigenvalue weighted by Gasteiger charge is -2.18. The second-order valence-electron chi connectivity index (χ2n) is 15.6. The normalized spacial score (nSPS) is 12.5. The lowest BCUT2D eigenvalue weighted by Crippen LogP contribution is -2.30. The van der Waals surface area contributed by atoms with Crippen molar-refractivity contribution in [1.82, 2.24) is 0 Å².